The van der Waals surface area contributed by atoms with E-state index in [9.17, 15) is 5.11 Å². The van der Waals surface area contributed by atoms with E-state index in [1.807, 2.05) is 30.6 Å². The summed E-state index contributed by atoms with van der Waals surface area (Å²) in [7, 11) is 1.83. The lowest BCUT2D eigenvalue weighted by Crippen LogP contribution is -2.04. The van der Waals surface area contributed by atoms with Crippen molar-refractivity contribution in [1.29, 1.82) is 0 Å². The summed E-state index contributed by atoms with van der Waals surface area (Å²) in [6, 6.07) is 5.67. The van der Waals surface area contributed by atoms with E-state index in [0.29, 0.717) is 0 Å². The van der Waals surface area contributed by atoms with E-state index in [0.717, 1.165) is 10.6 Å². The molecule has 2 heterocycles. The molecule has 0 saturated heterocycles. The van der Waals surface area contributed by atoms with Gasteiger partial charge in [0, 0.05) is 18.1 Å². The molecular weight excluding hydrogens is 184 g/mol. The van der Waals surface area contributed by atoms with E-state index in [-0.39, 0.29) is 0 Å². The zero-order valence-electron chi connectivity index (χ0n) is 7.21. The summed E-state index contributed by atoms with van der Waals surface area (Å²) in [5.41, 5.74) is 0.822. The van der Waals surface area contributed by atoms with Crippen molar-refractivity contribution in [1.82, 2.24) is 9.78 Å². The lowest BCUT2D eigenvalue weighted by molar-refractivity contribution is 0.213. The van der Waals surface area contributed by atoms with E-state index >= 15 is 0 Å². The fraction of sp³-hybridized carbons (Fsp3) is 0.222. The fourth-order valence-corrected chi connectivity index (χ4v) is 1.97. The third kappa shape index (κ3) is 1.50. The molecule has 1 atom stereocenters. The van der Waals surface area contributed by atoms with E-state index in [1.165, 1.54) is 0 Å². The molecule has 13 heavy (non-hydrogen) atoms. The summed E-state index contributed by atoms with van der Waals surface area (Å²) >= 11 is 1.55. The molecular formula is C9H10N2OS. The number of hydrogen-bond donors (Lipinski definition) is 1. The van der Waals surface area contributed by atoms with Gasteiger partial charge in [0.2, 0.25) is 0 Å². The van der Waals surface area contributed by atoms with Crippen molar-refractivity contribution in [3.05, 3.63) is 40.3 Å². The highest BCUT2D eigenvalue weighted by atomic mass is 32.1. The Morgan fingerprint density at radius 3 is 2.92 bits per heavy atom. The van der Waals surface area contributed by atoms with Crippen LogP contribution in [0.15, 0.2) is 29.8 Å². The van der Waals surface area contributed by atoms with Gasteiger partial charge in [-0.15, -0.1) is 11.3 Å². The number of aliphatic hydroxyl groups excluding tert-OH is 1. The average molecular weight is 194 g/mol. The van der Waals surface area contributed by atoms with Gasteiger partial charge in [-0.3, -0.25) is 4.68 Å². The number of aliphatic hydroxyl groups is 1. The first-order chi connectivity index (χ1) is 6.29. The molecule has 0 aliphatic heterocycles. The number of hydrogen-bond acceptors (Lipinski definition) is 3. The summed E-state index contributed by atoms with van der Waals surface area (Å²) in [4.78, 5) is 0.948. The van der Waals surface area contributed by atoms with Crippen molar-refractivity contribution >= 4 is 11.3 Å². The molecule has 1 unspecified atom stereocenters. The average Bonchev–Trinajstić information content (AvgIpc) is 2.72. The summed E-state index contributed by atoms with van der Waals surface area (Å²) < 4.78 is 1.68. The molecule has 0 spiro atoms. The standard InChI is InChI=1S/C9H10N2OS/c1-11-7(4-5-10-11)9(12)8-3-2-6-13-8/h2-6,9,12H,1H3. The predicted octanol–water partition coefficient (Wildman–Crippen LogP) is 1.56. The molecule has 0 amide bonds. The Hall–Kier alpha value is -1.13. The second-order valence-electron chi connectivity index (χ2n) is 2.80. The van der Waals surface area contributed by atoms with Crippen LogP contribution in [-0.2, 0) is 7.05 Å². The Bertz CT molecular complexity index is 380. The van der Waals surface area contributed by atoms with Crippen molar-refractivity contribution in [2.24, 2.45) is 7.05 Å². The van der Waals surface area contributed by atoms with Crippen molar-refractivity contribution in [3.63, 3.8) is 0 Å². The second kappa shape index (κ2) is 3.32. The van der Waals surface area contributed by atoms with Crippen LogP contribution in [0, 0.1) is 0 Å². The van der Waals surface area contributed by atoms with Crippen LogP contribution in [0.3, 0.4) is 0 Å². The van der Waals surface area contributed by atoms with Gasteiger partial charge in [-0.25, -0.2) is 0 Å². The molecule has 2 rings (SSSR count). The lowest BCUT2D eigenvalue weighted by Gasteiger charge is -2.07. The number of thiophene rings is 1. The lowest BCUT2D eigenvalue weighted by atomic mass is 10.2. The molecule has 0 aliphatic rings. The molecule has 2 aromatic heterocycles. The Morgan fingerprint density at radius 1 is 1.54 bits per heavy atom. The third-order valence-electron chi connectivity index (χ3n) is 1.95. The van der Waals surface area contributed by atoms with Gasteiger partial charge < -0.3 is 5.11 Å². The first-order valence-electron chi connectivity index (χ1n) is 3.98. The maximum atomic E-state index is 9.90. The smallest absolute Gasteiger partial charge is 0.130 e. The summed E-state index contributed by atoms with van der Waals surface area (Å²) in [6.07, 6.45) is 1.14. The van der Waals surface area contributed by atoms with Gasteiger partial charge in [0.05, 0.1) is 5.69 Å². The fourth-order valence-electron chi connectivity index (χ4n) is 1.24. The van der Waals surface area contributed by atoms with Crippen molar-refractivity contribution in [2.45, 2.75) is 6.10 Å². The van der Waals surface area contributed by atoms with Crippen LogP contribution in [0.5, 0.6) is 0 Å². The van der Waals surface area contributed by atoms with Gasteiger partial charge in [0.1, 0.15) is 6.10 Å². The molecule has 68 valence electrons. The topological polar surface area (TPSA) is 38.0 Å². The number of rotatable bonds is 2. The number of nitrogens with zero attached hydrogens (tertiary/aromatic N) is 2. The molecule has 0 bridgehead atoms. The van der Waals surface area contributed by atoms with Gasteiger partial charge in [0.25, 0.3) is 0 Å². The summed E-state index contributed by atoms with van der Waals surface area (Å²) in [5, 5.41) is 15.9. The summed E-state index contributed by atoms with van der Waals surface area (Å²) in [5.74, 6) is 0. The Kier molecular flexibility index (Phi) is 2.16. The molecule has 0 radical (unpaired) electrons. The zero-order valence-corrected chi connectivity index (χ0v) is 8.03. The number of aromatic nitrogens is 2. The minimum atomic E-state index is -0.549. The quantitative estimate of drug-likeness (QED) is 0.788. The van der Waals surface area contributed by atoms with E-state index in [4.69, 9.17) is 0 Å². The predicted molar refractivity (Wildman–Crippen MR) is 51.6 cm³/mol. The molecule has 2 aromatic rings. The van der Waals surface area contributed by atoms with Gasteiger partial charge in [0.15, 0.2) is 0 Å². The molecule has 3 nitrogen and oxygen atoms in total. The minimum Gasteiger partial charge on any atom is -0.381 e. The first-order valence-corrected chi connectivity index (χ1v) is 4.86. The molecule has 0 saturated carbocycles. The van der Waals surface area contributed by atoms with E-state index < -0.39 is 6.10 Å². The van der Waals surface area contributed by atoms with Gasteiger partial charge in [-0.05, 0) is 17.5 Å². The minimum absolute atomic E-state index is 0.549. The monoisotopic (exact) mass is 194 g/mol. The first kappa shape index (κ1) is 8.47. The van der Waals surface area contributed by atoms with Crippen LogP contribution in [0.25, 0.3) is 0 Å². The van der Waals surface area contributed by atoms with Gasteiger partial charge in [-0.1, -0.05) is 6.07 Å². The Labute approximate surface area is 80.3 Å². The van der Waals surface area contributed by atoms with Crippen LogP contribution in [0.1, 0.15) is 16.7 Å². The van der Waals surface area contributed by atoms with Crippen LogP contribution in [-0.4, -0.2) is 14.9 Å². The van der Waals surface area contributed by atoms with Crippen LogP contribution in [0.4, 0.5) is 0 Å². The highest BCUT2D eigenvalue weighted by Gasteiger charge is 2.13. The Balaban J connectivity index is 2.33. The van der Waals surface area contributed by atoms with E-state index in [1.54, 1.807) is 22.2 Å². The third-order valence-corrected chi connectivity index (χ3v) is 2.88. The molecule has 0 fully saturated rings. The normalized spacial score (nSPS) is 13.1. The van der Waals surface area contributed by atoms with Gasteiger partial charge in [-0.2, -0.15) is 5.10 Å². The molecule has 1 N–H and O–H groups in total. The molecule has 4 heteroatoms. The summed E-state index contributed by atoms with van der Waals surface area (Å²) in [6.45, 7) is 0. The second-order valence-corrected chi connectivity index (χ2v) is 3.78. The van der Waals surface area contributed by atoms with Gasteiger partial charge >= 0.3 is 0 Å². The number of aryl methyl sites for hydroxylation is 1. The maximum Gasteiger partial charge on any atom is 0.130 e. The van der Waals surface area contributed by atoms with Crippen LogP contribution < -0.4 is 0 Å². The highest BCUT2D eigenvalue weighted by molar-refractivity contribution is 7.10. The van der Waals surface area contributed by atoms with E-state index in [2.05, 4.69) is 5.10 Å². The van der Waals surface area contributed by atoms with Crippen molar-refractivity contribution in [2.75, 3.05) is 0 Å². The largest absolute Gasteiger partial charge is 0.381 e. The molecule has 0 aromatic carbocycles. The molecule has 0 aliphatic carbocycles. The van der Waals surface area contributed by atoms with Crippen molar-refractivity contribution < 1.29 is 5.11 Å². The highest BCUT2D eigenvalue weighted by Crippen LogP contribution is 2.24. The zero-order chi connectivity index (χ0) is 9.26. The van der Waals surface area contributed by atoms with Crippen LogP contribution in [0.2, 0.25) is 0 Å². The Morgan fingerprint density at radius 2 is 2.38 bits per heavy atom. The SMILES string of the molecule is Cn1nccc1C(O)c1cccs1. The van der Waals surface area contributed by atoms with Crippen LogP contribution >= 0.6 is 11.3 Å². The maximum absolute atomic E-state index is 9.90. The van der Waals surface area contributed by atoms with Crippen molar-refractivity contribution in [3.8, 4) is 0 Å².